The molecule has 3 nitrogen and oxygen atoms in total. The smallest absolute Gasteiger partial charge is 0.0675 e. The van der Waals surface area contributed by atoms with Crippen LogP contribution in [-0.4, -0.2) is 6.04 Å². The average molecular weight is 123 g/mol. The second-order valence-corrected chi connectivity index (χ2v) is 2.23. The maximum Gasteiger partial charge on any atom is 0.0675 e. The monoisotopic (exact) mass is 123 g/mol. The average Bonchev–Trinajstić information content (AvgIpc) is 2.33. The van der Waals surface area contributed by atoms with E-state index in [4.69, 9.17) is 0 Å². The Morgan fingerprint density at radius 1 is 1.56 bits per heavy atom. The summed E-state index contributed by atoms with van der Waals surface area (Å²) in [4.78, 5) is 0. The lowest BCUT2D eigenvalue weighted by atomic mass is 10.1. The molecule has 0 bridgehead atoms. The first-order valence-electron chi connectivity index (χ1n) is 3.10. The maximum absolute atomic E-state index is 3.08. The predicted molar refractivity (Wildman–Crippen MR) is 35.0 cm³/mol. The SMILES string of the molecule is C1=CCC2NNNC2=C1. The lowest BCUT2D eigenvalue weighted by Gasteiger charge is -2.08. The van der Waals surface area contributed by atoms with E-state index in [1.807, 2.05) is 0 Å². The Morgan fingerprint density at radius 3 is 3.44 bits per heavy atom. The molecule has 1 fully saturated rings. The Morgan fingerprint density at radius 2 is 2.56 bits per heavy atom. The lowest BCUT2D eigenvalue weighted by Crippen LogP contribution is -2.33. The van der Waals surface area contributed by atoms with Crippen molar-refractivity contribution in [3.63, 3.8) is 0 Å². The Balaban J connectivity index is 2.23. The molecular formula is C6H9N3. The highest BCUT2D eigenvalue weighted by atomic mass is 15.6. The third-order valence-corrected chi connectivity index (χ3v) is 1.61. The van der Waals surface area contributed by atoms with E-state index in [2.05, 4.69) is 34.6 Å². The molecule has 0 radical (unpaired) electrons. The molecule has 3 heteroatoms. The highest BCUT2D eigenvalue weighted by Crippen LogP contribution is 2.11. The van der Waals surface area contributed by atoms with Gasteiger partial charge in [0.05, 0.1) is 6.04 Å². The van der Waals surface area contributed by atoms with Crippen molar-refractivity contribution in [3.8, 4) is 0 Å². The summed E-state index contributed by atoms with van der Waals surface area (Å²) < 4.78 is 0. The lowest BCUT2D eigenvalue weighted by molar-refractivity contribution is 0.545. The number of hydrazine groups is 2. The summed E-state index contributed by atoms with van der Waals surface area (Å²) in [6.07, 6.45) is 7.36. The van der Waals surface area contributed by atoms with Crippen LogP contribution in [0.25, 0.3) is 0 Å². The van der Waals surface area contributed by atoms with Crippen molar-refractivity contribution in [1.29, 1.82) is 0 Å². The summed E-state index contributed by atoms with van der Waals surface area (Å²) in [6.45, 7) is 0. The molecule has 48 valence electrons. The van der Waals surface area contributed by atoms with Crippen LogP contribution in [0.15, 0.2) is 23.9 Å². The van der Waals surface area contributed by atoms with Gasteiger partial charge in [0.2, 0.25) is 0 Å². The molecule has 3 N–H and O–H groups in total. The van der Waals surface area contributed by atoms with Crippen molar-refractivity contribution < 1.29 is 0 Å². The van der Waals surface area contributed by atoms with Gasteiger partial charge in [0, 0.05) is 5.70 Å². The van der Waals surface area contributed by atoms with Crippen LogP contribution in [0.2, 0.25) is 0 Å². The van der Waals surface area contributed by atoms with Crippen LogP contribution in [0.5, 0.6) is 0 Å². The molecule has 0 aromatic rings. The zero-order chi connectivity index (χ0) is 6.10. The van der Waals surface area contributed by atoms with Gasteiger partial charge in [-0.05, 0) is 12.5 Å². The molecule has 1 heterocycles. The van der Waals surface area contributed by atoms with Crippen LogP contribution in [-0.2, 0) is 0 Å². The highest BCUT2D eigenvalue weighted by Gasteiger charge is 2.18. The van der Waals surface area contributed by atoms with Gasteiger partial charge < -0.3 is 5.43 Å². The fourth-order valence-corrected chi connectivity index (χ4v) is 1.09. The van der Waals surface area contributed by atoms with Crippen LogP contribution < -0.4 is 16.4 Å². The van der Waals surface area contributed by atoms with E-state index in [1.165, 1.54) is 5.70 Å². The van der Waals surface area contributed by atoms with Crippen LogP contribution in [0.1, 0.15) is 6.42 Å². The van der Waals surface area contributed by atoms with Gasteiger partial charge in [-0.3, -0.25) is 0 Å². The van der Waals surface area contributed by atoms with E-state index in [0.29, 0.717) is 6.04 Å². The molecule has 0 spiro atoms. The molecule has 2 aliphatic rings. The van der Waals surface area contributed by atoms with Crippen molar-refractivity contribution in [2.24, 2.45) is 0 Å². The van der Waals surface area contributed by atoms with Gasteiger partial charge >= 0.3 is 0 Å². The summed E-state index contributed by atoms with van der Waals surface area (Å²) in [6, 6.07) is 0.468. The molecule has 9 heavy (non-hydrogen) atoms. The largest absolute Gasteiger partial charge is 0.311 e. The third-order valence-electron chi connectivity index (χ3n) is 1.61. The Kier molecular flexibility index (Phi) is 1.04. The first-order chi connectivity index (χ1) is 4.47. The zero-order valence-corrected chi connectivity index (χ0v) is 5.02. The molecule has 0 aromatic heterocycles. The summed E-state index contributed by atoms with van der Waals surface area (Å²) in [5.41, 5.74) is 10.2. The molecule has 0 aromatic carbocycles. The highest BCUT2D eigenvalue weighted by molar-refractivity contribution is 5.23. The third kappa shape index (κ3) is 0.742. The summed E-state index contributed by atoms with van der Waals surface area (Å²) in [5, 5.41) is 0. The van der Waals surface area contributed by atoms with Crippen molar-refractivity contribution in [1.82, 2.24) is 16.4 Å². The minimum atomic E-state index is 0.468. The van der Waals surface area contributed by atoms with Gasteiger partial charge in [0.25, 0.3) is 0 Å². The molecule has 1 aliphatic heterocycles. The normalized spacial score (nSPS) is 31.1. The van der Waals surface area contributed by atoms with Gasteiger partial charge in [-0.25, -0.2) is 5.43 Å². The van der Waals surface area contributed by atoms with Gasteiger partial charge in [-0.2, -0.15) is 5.53 Å². The number of nitrogens with one attached hydrogen (secondary N) is 3. The quantitative estimate of drug-likeness (QED) is 0.418. The minimum absolute atomic E-state index is 0.468. The molecule has 2 rings (SSSR count). The number of rotatable bonds is 0. The predicted octanol–water partition coefficient (Wildman–Crippen LogP) is -0.189. The van der Waals surface area contributed by atoms with E-state index >= 15 is 0 Å². The van der Waals surface area contributed by atoms with Crippen LogP contribution in [0.4, 0.5) is 0 Å². The Bertz CT molecular complexity index is 171. The van der Waals surface area contributed by atoms with Crippen LogP contribution in [0, 0.1) is 0 Å². The number of allylic oxidation sites excluding steroid dienone is 2. The molecule has 1 unspecified atom stereocenters. The molecule has 1 saturated heterocycles. The number of hydrogen-bond acceptors (Lipinski definition) is 3. The van der Waals surface area contributed by atoms with Gasteiger partial charge in [0.1, 0.15) is 0 Å². The summed E-state index contributed by atoms with van der Waals surface area (Å²) in [7, 11) is 0. The Labute approximate surface area is 53.8 Å². The Hall–Kier alpha value is -0.800. The summed E-state index contributed by atoms with van der Waals surface area (Å²) >= 11 is 0. The topological polar surface area (TPSA) is 36.1 Å². The van der Waals surface area contributed by atoms with Crippen LogP contribution in [0.3, 0.4) is 0 Å². The van der Waals surface area contributed by atoms with Gasteiger partial charge in [-0.1, -0.05) is 12.2 Å². The zero-order valence-electron chi connectivity index (χ0n) is 5.02. The number of hydrogen-bond donors (Lipinski definition) is 3. The van der Waals surface area contributed by atoms with Crippen molar-refractivity contribution in [3.05, 3.63) is 23.9 Å². The van der Waals surface area contributed by atoms with Crippen LogP contribution >= 0.6 is 0 Å². The minimum Gasteiger partial charge on any atom is -0.311 e. The second kappa shape index (κ2) is 1.86. The number of fused-ring (bicyclic) bond motifs is 1. The van der Waals surface area contributed by atoms with E-state index in [9.17, 15) is 0 Å². The van der Waals surface area contributed by atoms with Crippen molar-refractivity contribution in [2.75, 3.05) is 0 Å². The van der Waals surface area contributed by atoms with E-state index in [-0.39, 0.29) is 0 Å². The first kappa shape index (κ1) is 5.02. The standard InChI is InChI=1S/C6H9N3/c1-2-4-6-5(3-1)7-9-8-6/h1-3,6-9H,4H2. The van der Waals surface area contributed by atoms with E-state index in [0.717, 1.165) is 6.42 Å². The molecule has 0 saturated carbocycles. The maximum atomic E-state index is 3.08. The van der Waals surface area contributed by atoms with E-state index in [1.54, 1.807) is 0 Å². The molecule has 1 atom stereocenters. The van der Waals surface area contributed by atoms with E-state index < -0.39 is 0 Å². The second-order valence-electron chi connectivity index (χ2n) is 2.23. The fourth-order valence-electron chi connectivity index (χ4n) is 1.09. The van der Waals surface area contributed by atoms with Crippen molar-refractivity contribution >= 4 is 0 Å². The molecular weight excluding hydrogens is 114 g/mol. The van der Waals surface area contributed by atoms with Gasteiger partial charge in [0.15, 0.2) is 0 Å². The molecule has 0 amide bonds. The van der Waals surface area contributed by atoms with Crippen molar-refractivity contribution in [2.45, 2.75) is 12.5 Å². The van der Waals surface area contributed by atoms with Gasteiger partial charge in [-0.15, -0.1) is 0 Å². The fraction of sp³-hybridized carbons (Fsp3) is 0.333. The summed E-state index contributed by atoms with van der Waals surface area (Å²) in [5.74, 6) is 0. The first-order valence-corrected chi connectivity index (χ1v) is 3.10. The molecule has 1 aliphatic carbocycles.